The van der Waals surface area contributed by atoms with E-state index in [1.807, 2.05) is 4.90 Å². The summed E-state index contributed by atoms with van der Waals surface area (Å²) in [4.78, 5) is 18.3. The number of pyridine rings is 1. The monoisotopic (exact) mass is 472 g/mol. The molecule has 0 amide bonds. The number of rotatable bonds is 4. The molecule has 8 nitrogen and oxygen atoms in total. The van der Waals surface area contributed by atoms with Gasteiger partial charge in [0, 0.05) is 24.9 Å². The van der Waals surface area contributed by atoms with Crippen molar-refractivity contribution in [2.45, 2.75) is 30.6 Å². The van der Waals surface area contributed by atoms with Crippen LogP contribution in [0.15, 0.2) is 35.6 Å². The number of thiol groups is 1. The van der Waals surface area contributed by atoms with Crippen LogP contribution < -0.4 is 10.5 Å². The van der Waals surface area contributed by atoms with Crippen molar-refractivity contribution < 1.29 is 18.3 Å². The number of nitrogens with one attached hydrogen (secondary N) is 1. The second kappa shape index (κ2) is 7.84. The number of halogens is 4. The van der Waals surface area contributed by atoms with E-state index in [-0.39, 0.29) is 17.1 Å². The number of imidazole rings is 1. The normalized spacial score (nSPS) is 16.1. The fourth-order valence-corrected chi connectivity index (χ4v) is 3.92. The maximum Gasteiger partial charge on any atom is 0.432 e. The molecule has 1 aliphatic heterocycles. The predicted octanol–water partition coefficient (Wildman–Crippen LogP) is 2.26. The van der Waals surface area contributed by atoms with Gasteiger partial charge in [0.05, 0.1) is 42.7 Å². The van der Waals surface area contributed by atoms with Gasteiger partial charge in [0.15, 0.2) is 0 Å². The first-order valence-corrected chi connectivity index (χ1v) is 9.89. The molecule has 4 rings (SSSR count). The van der Waals surface area contributed by atoms with Crippen molar-refractivity contribution in [3.05, 3.63) is 68.9 Å². The standard InChI is InChI=1S/C18H16ClF3N6O2S/c19-14-13(6-25-26-16(14)29)27-5-3-12-11(8-27)24-9-28(12)7-10-2-1-4-23-15(10)17(30,31)18(20,21)22/h1-2,4,6,9,30-31H,3,5,7-8H2,(H,26,29)/t17-/m0/s1. The lowest BCUT2D eigenvalue weighted by atomic mass is 10.1. The summed E-state index contributed by atoms with van der Waals surface area (Å²) in [5.41, 5.74) is 1.10. The van der Waals surface area contributed by atoms with Crippen LogP contribution in [0.25, 0.3) is 0 Å². The average molecular weight is 473 g/mol. The summed E-state index contributed by atoms with van der Waals surface area (Å²) in [6.07, 6.45) is -0.341. The number of anilines is 1. The molecule has 0 unspecified atom stereocenters. The molecule has 3 aromatic heterocycles. The Hall–Kier alpha value is -2.57. The summed E-state index contributed by atoms with van der Waals surface area (Å²) in [7, 11) is 0. The molecule has 31 heavy (non-hydrogen) atoms. The van der Waals surface area contributed by atoms with Crippen LogP contribution in [0, 0.1) is 0 Å². The number of hydrogen-bond acceptors (Lipinski definition) is 7. The summed E-state index contributed by atoms with van der Waals surface area (Å²) in [5, 5.41) is 16.0. The first-order chi connectivity index (χ1) is 14.6. The predicted molar refractivity (Wildman–Crippen MR) is 109 cm³/mol. The number of aliphatic hydroxyl groups is 1. The molecule has 2 N–H and O–H groups in total. The molecule has 0 spiro atoms. The number of H-pyrrole nitrogens is 1. The molecule has 0 fully saturated rings. The summed E-state index contributed by atoms with van der Waals surface area (Å²) in [6.45, 7) is 0.881. The number of aromatic nitrogens is 5. The molecule has 13 heteroatoms. The van der Waals surface area contributed by atoms with E-state index < -0.39 is 22.4 Å². The summed E-state index contributed by atoms with van der Waals surface area (Å²) in [5.74, 6) is 0. The van der Waals surface area contributed by atoms with Gasteiger partial charge in [0.2, 0.25) is 4.93 Å². The van der Waals surface area contributed by atoms with Crippen molar-refractivity contribution in [1.29, 1.82) is 0 Å². The van der Waals surface area contributed by atoms with E-state index in [0.29, 0.717) is 30.9 Å². The largest absolute Gasteiger partial charge is 0.432 e. The van der Waals surface area contributed by atoms with Gasteiger partial charge in [-0.1, -0.05) is 17.7 Å². The Kier molecular flexibility index (Phi) is 5.48. The first-order valence-electron chi connectivity index (χ1n) is 9.06. The highest BCUT2D eigenvalue weighted by Crippen LogP contribution is 2.42. The maximum absolute atomic E-state index is 13.3. The quantitative estimate of drug-likeness (QED) is 0.398. The van der Waals surface area contributed by atoms with E-state index in [9.17, 15) is 23.1 Å². The van der Waals surface area contributed by atoms with Crippen molar-refractivity contribution in [3.63, 3.8) is 0 Å². The highest BCUT2D eigenvalue weighted by molar-refractivity contribution is 7.81. The highest BCUT2D eigenvalue weighted by atomic mass is 35.5. The van der Waals surface area contributed by atoms with Crippen LogP contribution in [-0.4, -0.2) is 42.6 Å². The fourth-order valence-electron chi connectivity index (χ4n) is 3.50. The van der Waals surface area contributed by atoms with Crippen LogP contribution in [0.2, 0.25) is 5.02 Å². The minimum absolute atomic E-state index is 0.0256. The Bertz CT molecular complexity index is 1180. The van der Waals surface area contributed by atoms with Crippen LogP contribution in [0.4, 0.5) is 18.9 Å². The molecule has 0 radical (unpaired) electrons. The number of hydrogen-bond donors (Lipinski definition) is 3. The Morgan fingerprint density at radius 2 is 2.10 bits per heavy atom. The van der Waals surface area contributed by atoms with Gasteiger partial charge < -0.3 is 14.6 Å². The van der Waals surface area contributed by atoms with E-state index >= 15 is 0 Å². The van der Waals surface area contributed by atoms with Crippen molar-refractivity contribution in [2.24, 2.45) is 0 Å². The third-order valence-electron chi connectivity index (χ3n) is 5.07. The van der Waals surface area contributed by atoms with Gasteiger partial charge in [-0.25, -0.2) is 10.1 Å². The van der Waals surface area contributed by atoms with Crippen LogP contribution >= 0.6 is 24.2 Å². The van der Waals surface area contributed by atoms with Crippen LogP contribution in [0.1, 0.15) is 22.6 Å². The molecular formula is C18H16ClF3N6O2S. The highest BCUT2D eigenvalue weighted by Gasteiger charge is 2.54. The van der Waals surface area contributed by atoms with Crippen LogP contribution in [-0.2, 0) is 24.4 Å². The Morgan fingerprint density at radius 3 is 2.84 bits per heavy atom. The summed E-state index contributed by atoms with van der Waals surface area (Å²) < 4.78 is 41.6. The third-order valence-corrected chi connectivity index (χ3v) is 5.90. The molecule has 1 atom stereocenters. The zero-order valence-corrected chi connectivity index (χ0v) is 17.4. The molecular weight excluding hydrogens is 457 g/mol. The van der Waals surface area contributed by atoms with Crippen molar-refractivity contribution in [2.75, 3.05) is 11.4 Å². The average Bonchev–Trinajstić information content (AvgIpc) is 3.11. The topological polar surface area (TPSA) is 99.9 Å². The van der Waals surface area contributed by atoms with Gasteiger partial charge >= 0.3 is 6.18 Å². The van der Waals surface area contributed by atoms with Crippen LogP contribution in [0.5, 0.6) is 0 Å². The second-order valence-corrected chi connectivity index (χ2v) is 8.04. The van der Waals surface area contributed by atoms with E-state index in [4.69, 9.17) is 11.6 Å². The van der Waals surface area contributed by atoms with Crippen molar-refractivity contribution in [1.82, 2.24) is 24.7 Å². The van der Waals surface area contributed by atoms with Gasteiger partial charge in [-0.15, -0.1) is 12.6 Å². The van der Waals surface area contributed by atoms with Crippen molar-refractivity contribution >= 4 is 29.9 Å². The van der Waals surface area contributed by atoms with Crippen LogP contribution in [0.3, 0.4) is 0 Å². The zero-order valence-electron chi connectivity index (χ0n) is 15.8. The molecule has 164 valence electrons. The molecule has 0 bridgehead atoms. The fraction of sp³-hybridized carbons (Fsp3) is 0.333. The molecule has 0 saturated carbocycles. The van der Waals surface area contributed by atoms with Gasteiger partial charge in [-0.05, 0) is 11.6 Å². The lowest BCUT2D eigenvalue weighted by Gasteiger charge is -2.29. The van der Waals surface area contributed by atoms with Crippen molar-refractivity contribution in [3.8, 4) is 0 Å². The van der Waals surface area contributed by atoms with Gasteiger partial charge in [0.1, 0.15) is 5.02 Å². The van der Waals surface area contributed by atoms with E-state index in [1.165, 1.54) is 30.9 Å². The number of alkyl halides is 3. The SMILES string of the molecule is O=c1[nH]ncc(N2CCc3c(ncn3Cc3cccnc3[C@](O)(S)C(F)(F)F)C2)c1Cl. The molecule has 1 aliphatic rings. The number of fused-ring (bicyclic) bond motifs is 1. The lowest BCUT2D eigenvalue weighted by molar-refractivity contribution is -0.225. The molecule has 3 aromatic rings. The molecule has 0 aromatic carbocycles. The van der Waals surface area contributed by atoms with E-state index in [0.717, 1.165) is 5.69 Å². The smallest absolute Gasteiger partial charge is 0.367 e. The Morgan fingerprint density at radius 1 is 1.32 bits per heavy atom. The minimum Gasteiger partial charge on any atom is -0.367 e. The summed E-state index contributed by atoms with van der Waals surface area (Å²) in [6, 6.07) is 2.95. The molecule has 0 saturated heterocycles. The Balaban J connectivity index is 1.62. The second-order valence-electron chi connectivity index (χ2n) is 7.02. The molecule has 0 aliphatic carbocycles. The number of aromatic amines is 1. The molecule has 4 heterocycles. The summed E-state index contributed by atoms with van der Waals surface area (Å²) >= 11 is 9.52. The lowest BCUT2D eigenvalue weighted by Crippen LogP contribution is -2.39. The van der Waals surface area contributed by atoms with Gasteiger partial charge in [-0.2, -0.15) is 18.3 Å². The Labute approximate surface area is 184 Å². The minimum atomic E-state index is -5.01. The maximum atomic E-state index is 13.3. The third kappa shape index (κ3) is 3.90. The van der Waals surface area contributed by atoms with E-state index in [1.54, 1.807) is 4.57 Å². The first kappa shape index (κ1) is 21.7. The van der Waals surface area contributed by atoms with Gasteiger partial charge in [0.25, 0.3) is 5.56 Å². The number of nitrogens with zero attached hydrogens (tertiary/aromatic N) is 5. The van der Waals surface area contributed by atoms with Gasteiger partial charge in [-0.3, -0.25) is 9.78 Å². The zero-order chi connectivity index (χ0) is 22.4. The van der Waals surface area contributed by atoms with E-state index in [2.05, 4.69) is 32.8 Å².